The molecule has 2 heteroatoms. The average molecular weight is 255 g/mol. The van der Waals surface area contributed by atoms with Gasteiger partial charge in [0.1, 0.15) is 0 Å². The van der Waals surface area contributed by atoms with Crippen LogP contribution in [0.15, 0.2) is 0 Å². The molecule has 2 nitrogen and oxygen atoms in total. The Kier molecular flexibility index (Phi) is 3.98. The van der Waals surface area contributed by atoms with Gasteiger partial charge >= 0.3 is 0 Å². The van der Waals surface area contributed by atoms with Crippen molar-refractivity contribution in [1.29, 1.82) is 0 Å². The van der Waals surface area contributed by atoms with Crippen LogP contribution in [0.4, 0.5) is 0 Å². The third-order valence-corrected chi connectivity index (χ3v) is 4.31. The monoisotopic (exact) mass is 255 g/mol. The molecular weight excluding hydrogens is 222 g/mol. The maximum Gasteiger partial charge on any atom is 0.0813 e. The minimum Gasteiger partial charge on any atom is -0.368 e. The van der Waals surface area contributed by atoms with Crippen LogP contribution < -0.4 is 0 Å². The maximum absolute atomic E-state index is 6.40. The van der Waals surface area contributed by atoms with E-state index in [9.17, 15) is 0 Å². The number of likely N-dealkylation sites (tertiary alicyclic amines) is 1. The molecule has 1 aliphatic rings. The Morgan fingerprint density at radius 3 is 1.83 bits per heavy atom. The first-order valence-electron chi connectivity index (χ1n) is 7.28. The van der Waals surface area contributed by atoms with E-state index in [1.54, 1.807) is 0 Å². The van der Waals surface area contributed by atoms with Gasteiger partial charge in [-0.3, -0.25) is 4.90 Å². The third kappa shape index (κ3) is 3.08. The molecule has 0 aliphatic carbocycles. The van der Waals surface area contributed by atoms with Crippen LogP contribution in [0, 0.1) is 0 Å². The maximum atomic E-state index is 6.40. The molecule has 1 atom stereocenters. The summed E-state index contributed by atoms with van der Waals surface area (Å²) in [6.07, 6.45) is 2.48. The largest absolute Gasteiger partial charge is 0.368 e. The van der Waals surface area contributed by atoms with E-state index in [0.29, 0.717) is 0 Å². The molecule has 0 N–H and O–H groups in total. The second-order valence-corrected chi connectivity index (χ2v) is 8.42. The molecule has 18 heavy (non-hydrogen) atoms. The summed E-state index contributed by atoms with van der Waals surface area (Å²) in [6, 6.07) is 0. The predicted octanol–water partition coefficient (Wildman–Crippen LogP) is 4.23. The van der Waals surface area contributed by atoms with Gasteiger partial charge in [-0.05, 0) is 81.7 Å². The van der Waals surface area contributed by atoms with Gasteiger partial charge in [0.05, 0.1) is 11.2 Å². The lowest BCUT2D eigenvalue weighted by atomic mass is 9.79. The second-order valence-electron chi connectivity index (χ2n) is 8.42. The quantitative estimate of drug-likeness (QED) is 0.732. The lowest BCUT2D eigenvalue weighted by molar-refractivity contribution is -0.185. The van der Waals surface area contributed by atoms with Crippen LogP contribution in [0.25, 0.3) is 0 Å². The van der Waals surface area contributed by atoms with Crippen molar-refractivity contribution < 1.29 is 4.74 Å². The van der Waals surface area contributed by atoms with E-state index in [1.165, 1.54) is 19.4 Å². The molecule has 0 radical (unpaired) electrons. The Bertz CT molecular complexity index is 295. The highest BCUT2D eigenvalue weighted by molar-refractivity contribution is 5.08. The molecule has 108 valence electrons. The lowest BCUT2D eigenvalue weighted by Crippen LogP contribution is -2.64. The molecular formula is C16H33NO. The minimum atomic E-state index is -0.144. The van der Waals surface area contributed by atoms with Gasteiger partial charge in [0.15, 0.2) is 0 Å². The van der Waals surface area contributed by atoms with Crippen molar-refractivity contribution >= 4 is 0 Å². The molecule has 0 aromatic heterocycles. The average Bonchev–Trinajstić information content (AvgIpc) is 2.43. The van der Waals surface area contributed by atoms with Crippen molar-refractivity contribution in [2.24, 2.45) is 0 Å². The molecule has 1 saturated heterocycles. The number of ether oxygens (including phenoxy) is 1. The lowest BCUT2D eigenvalue weighted by Gasteiger charge is -2.54. The van der Waals surface area contributed by atoms with Gasteiger partial charge in [0.25, 0.3) is 0 Å². The van der Waals surface area contributed by atoms with E-state index in [4.69, 9.17) is 4.74 Å². The summed E-state index contributed by atoms with van der Waals surface area (Å²) in [5.74, 6) is 0. The molecule has 0 saturated carbocycles. The molecule has 0 aromatic carbocycles. The number of rotatable bonds is 2. The zero-order valence-corrected chi connectivity index (χ0v) is 14.0. The molecule has 0 aromatic rings. The minimum absolute atomic E-state index is 0.0986. The number of hydrogen-bond donors (Lipinski definition) is 0. The molecule has 0 amide bonds. The highest BCUT2D eigenvalue weighted by Gasteiger charge is 2.53. The molecule has 0 unspecified atom stereocenters. The van der Waals surface area contributed by atoms with E-state index in [0.717, 1.165) is 0 Å². The summed E-state index contributed by atoms with van der Waals surface area (Å²) in [6.45, 7) is 21.4. The summed E-state index contributed by atoms with van der Waals surface area (Å²) in [5, 5.41) is 0. The van der Waals surface area contributed by atoms with Gasteiger partial charge in [0.2, 0.25) is 0 Å². The first-order valence-corrected chi connectivity index (χ1v) is 7.28. The number of nitrogens with zero attached hydrogens (tertiary/aromatic N) is 1. The summed E-state index contributed by atoms with van der Waals surface area (Å²) < 4.78 is 6.40. The van der Waals surface area contributed by atoms with E-state index < -0.39 is 0 Å². The first kappa shape index (κ1) is 16.0. The van der Waals surface area contributed by atoms with E-state index in [-0.39, 0.29) is 22.3 Å². The van der Waals surface area contributed by atoms with Gasteiger partial charge in [-0.15, -0.1) is 0 Å². The summed E-state index contributed by atoms with van der Waals surface area (Å²) in [4.78, 5) is 2.63. The van der Waals surface area contributed by atoms with E-state index >= 15 is 0 Å². The van der Waals surface area contributed by atoms with Crippen molar-refractivity contribution in [2.75, 3.05) is 6.54 Å². The van der Waals surface area contributed by atoms with Crippen LogP contribution in [-0.2, 0) is 4.74 Å². The summed E-state index contributed by atoms with van der Waals surface area (Å²) in [5.41, 5.74) is 0.0655. The fourth-order valence-electron chi connectivity index (χ4n) is 3.54. The third-order valence-electron chi connectivity index (χ3n) is 4.31. The normalized spacial score (nSPS) is 27.8. The highest BCUT2D eigenvalue weighted by Crippen LogP contribution is 2.45. The summed E-state index contributed by atoms with van der Waals surface area (Å²) >= 11 is 0. The van der Waals surface area contributed by atoms with Crippen LogP contribution in [0.2, 0.25) is 0 Å². The van der Waals surface area contributed by atoms with Crippen molar-refractivity contribution in [3.05, 3.63) is 0 Å². The second kappa shape index (κ2) is 4.49. The van der Waals surface area contributed by atoms with Gasteiger partial charge in [0, 0.05) is 11.1 Å². The van der Waals surface area contributed by atoms with Gasteiger partial charge < -0.3 is 4.74 Å². The zero-order chi connectivity index (χ0) is 14.4. The van der Waals surface area contributed by atoms with Crippen molar-refractivity contribution in [3.8, 4) is 0 Å². The van der Waals surface area contributed by atoms with Gasteiger partial charge in [-0.1, -0.05) is 0 Å². The Hall–Kier alpha value is -0.0800. The summed E-state index contributed by atoms with van der Waals surface area (Å²) in [7, 11) is 0. The standard InChI is InChI=1S/C16H33NO/c1-13(2,3)17-12-10-11-16(17,9)15(7,8)18-14(4,5)6/h10-12H2,1-9H3/t16-/m1/s1. The van der Waals surface area contributed by atoms with Gasteiger partial charge in [-0.2, -0.15) is 0 Å². The SMILES string of the molecule is CC(C)(C)OC(C)(C)[C@@]1(C)CCCN1C(C)(C)C. The molecule has 0 bridgehead atoms. The Morgan fingerprint density at radius 2 is 1.44 bits per heavy atom. The van der Waals surface area contributed by atoms with Crippen molar-refractivity contribution in [3.63, 3.8) is 0 Å². The molecule has 1 aliphatic heterocycles. The molecule has 1 fully saturated rings. The molecule has 0 spiro atoms. The van der Waals surface area contributed by atoms with E-state index in [1.807, 2.05) is 0 Å². The van der Waals surface area contributed by atoms with Crippen LogP contribution >= 0.6 is 0 Å². The fourth-order valence-corrected chi connectivity index (χ4v) is 3.54. The molecule has 1 heterocycles. The van der Waals surface area contributed by atoms with Crippen molar-refractivity contribution in [1.82, 2.24) is 4.90 Å². The Balaban J connectivity index is 3.04. The Morgan fingerprint density at radius 1 is 0.944 bits per heavy atom. The fraction of sp³-hybridized carbons (Fsp3) is 1.00. The topological polar surface area (TPSA) is 12.5 Å². The predicted molar refractivity (Wildman–Crippen MR) is 79.0 cm³/mol. The van der Waals surface area contributed by atoms with E-state index in [2.05, 4.69) is 67.2 Å². The number of hydrogen-bond acceptors (Lipinski definition) is 2. The Labute approximate surface area is 114 Å². The molecule has 1 rings (SSSR count). The van der Waals surface area contributed by atoms with Gasteiger partial charge in [-0.25, -0.2) is 0 Å². The smallest absolute Gasteiger partial charge is 0.0813 e. The zero-order valence-electron chi connectivity index (χ0n) is 14.0. The highest BCUT2D eigenvalue weighted by atomic mass is 16.5. The van der Waals surface area contributed by atoms with Crippen LogP contribution in [0.3, 0.4) is 0 Å². The van der Waals surface area contributed by atoms with Crippen LogP contribution in [0.1, 0.15) is 75.2 Å². The first-order chi connectivity index (χ1) is 7.80. The van der Waals surface area contributed by atoms with Crippen molar-refractivity contribution in [2.45, 2.75) is 97.4 Å². The van der Waals surface area contributed by atoms with Crippen LogP contribution in [-0.4, -0.2) is 33.7 Å². The van der Waals surface area contributed by atoms with Crippen LogP contribution in [0.5, 0.6) is 0 Å².